The average Bonchev–Trinajstić information content (AvgIpc) is 2.50. The van der Waals surface area contributed by atoms with Crippen molar-refractivity contribution in [3.05, 3.63) is 47.5 Å². The van der Waals surface area contributed by atoms with Crippen molar-refractivity contribution in [3.8, 4) is 0 Å². The van der Waals surface area contributed by atoms with Gasteiger partial charge in [0.25, 0.3) is 0 Å². The molecule has 0 spiro atoms. The van der Waals surface area contributed by atoms with Gasteiger partial charge in [-0.25, -0.2) is 0 Å². The Morgan fingerprint density at radius 2 is 1.68 bits per heavy atom. The summed E-state index contributed by atoms with van der Waals surface area (Å²) in [6, 6.07) is 12.5. The van der Waals surface area contributed by atoms with Crippen molar-refractivity contribution in [1.82, 2.24) is 0 Å². The largest absolute Gasteiger partial charge is 0.385 e. The first-order chi connectivity index (χ1) is 10.6. The molecular weight excluding hydrogens is 292 g/mol. The normalized spacial score (nSPS) is 34.7. The number of rotatable bonds is 1. The predicted octanol–water partition coefficient (Wildman–Crippen LogP) is 3.80. The molecule has 0 aromatic heterocycles. The van der Waals surface area contributed by atoms with Crippen LogP contribution in [0, 0.1) is 6.92 Å². The van der Waals surface area contributed by atoms with E-state index in [0.717, 1.165) is 30.2 Å². The van der Waals surface area contributed by atoms with Gasteiger partial charge in [0, 0.05) is 21.3 Å². The second-order valence-electron chi connectivity index (χ2n) is 6.92. The SMILES string of the molecule is Cc1ccc(C2(O)CC3CCCC(C2)S3=O)c2ccccc12. The van der Waals surface area contributed by atoms with E-state index < -0.39 is 16.4 Å². The van der Waals surface area contributed by atoms with Gasteiger partial charge in [0.2, 0.25) is 0 Å². The molecule has 2 bridgehead atoms. The van der Waals surface area contributed by atoms with E-state index in [1.54, 1.807) is 0 Å². The Kier molecular flexibility index (Phi) is 3.39. The maximum Gasteiger partial charge on any atom is 0.0925 e. The zero-order chi connectivity index (χ0) is 15.3. The summed E-state index contributed by atoms with van der Waals surface area (Å²) in [6.45, 7) is 2.11. The summed E-state index contributed by atoms with van der Waals surface area (Å²) in [5, 5.41) is 14.1. The molecule has 0 amide bonds. The summed E-state index contributed by atoms with van der Waals surface area (Å²) in [5.74, 6) is 0. The molecule has 0 radical (unpaired) electrons. The van der Waals surface area contributed by atoms with Gasteiger partial charge in [-0.2, -0.15) is 0 Å². The maximum atomic E-state index is 12.4. The van der Waals surface area contributed by atoms with Crippen molar-refractivity contribution >= 4 is 21.6 Å². The Labute approximate surface area is 134 Å². The minimum Gasteiger partial charge on any atom is -0.385 e. The quantitative estimate of drug-likeness (QED) is 0.869. The molecule has 1 N–H and O–H groups in total. The van der Waals surface area contributed by atoms with E-state index >= 15 is 0 Å². The molecule has 0 aliphatic carbocycles. The third kappa shape index (κ3) is 2.14. The third-order valence-corrected chi connectivity index (χ3v) is 7.60. The fraction of sp³-hybridized carbons (Fsp3) is 0.474. The first-order valence-corrected chi connectivity index (χ1v) is 9.47. The zero-order valence-electron chi connectivity index (χ0n) is 12.9. The smallest absolute Gasteiger partial charge is 0.0925 e. The summed E-state index contributed by atoms with van der Waals surface area (Å²) < 4.78 is 12.4. The van der Waals surface area contributed by atoms with Crippen molar-refractivity contribution in [1.29, 1.82) is 0 Å². The van der Waals surface area contributed by atoms with Gasteiger partial charge in [0.05, 0.1) is 5.60 Å². The molecule has 2 aliphatic rings. The van der Waals surface area contributed by atoms with Crippen molar-refractivity contribution in [2.45, 2.75) is 55.1 Å². The Hall–Kier alpha value is -1.19. The average molecular weight is 314 g/mol. The van der Waals surface area contributed by atoms with Crippen molar-refractivity contribution in [2.75, 3.05) is 0 Å². The van der Waals surface area contributed by atoms with Crippen molar-refractivity contribution in [2.24, 2.45) is 0 Å². The van der Waals surface area contributed by atoms with E-state index in [0.29, 0.717) is 12.8 Å². The van der Waals surface area contributed by atoms with Crippen LogP contribution in [0.15, 0.2) is 36.4 Å². The molecule has 2 saturated heterocycles. The first kappa shape index (κ1) is 14.4. The van der Waals surface area contributed by atoms with Crippen LogP contribution in [0.2, 0.25) is 0 Å². The predicted molar refractivity (Wildman–Crippen MR) is 91.4 cm³/mol. The van der Waals surface area contributed by atoms with Gasteiger partial charge in [0.15, 0.2) is 0 Å². The Morgan fingerprint density at radius 3 is 2.36 bits per heavy atom. The lowest BCUT2D eigenvalue weighted by molar-refractivity contribution is 0.00794. The highest BCUT2D eigenvalue weighted by Gasteiger charge is 2.46. The number of aryl methyl sites for hydroxylation is 1. The minimum absolute atomic E-state index is 0.164. The van der Waals surface area contributed by atoms with Gasteiger partial charge in [-0.05, 0) is 54.5 Å². The fourth-order valence-corrected chi connectivity index (χ4v) is 6.58. The van der Waals surface area contributed by atoms with Gasteiger partial charge in [0.1, 0.15) is 0 Å². The van der Waals surface area contributed by atoms with Gasteiger partial charge < -0.3 is 5.11 Å². The Balaban J connectivity index is 1.85. The molecule has 116 valence electrons. The van der Waals surface area contributed by atoms with Gasteiger partial charge >= 0.3 is 0 Å². The van der Waals surface area contributed by atoms with Gasteiger partial charge in [-0.1, -0.05) is 42.8 Å². The molecular formula is C19H22O2S. The molecule has 2 aromatic carbocycles. The molecule has 2 unspecified atom stereocenters. The molecule has 2 atom stereocenters. The van der Waals surface area contributed by atoms with Crippen molar-refractivity contribution in [3.63, 3.8) is 0 Å². The minimum atomic E-state index is -0.822. The molecule has 2 nitrogen and oxygen atoms in total. The van der Waals surface area contributed by atoms with E-state index in [2.05, 4.69) is 31.2 Å². The highest BCUT2D eigenvalue weighted by molar-refractivity contribution is 7.86. The van der Waals surface area contributed by atoms with Crippen LogP contribution in [0.3, 0.4) is 0 Å². The van der Waals surface area contributed by atoms with Crippen LogP contribution in [0.1, 0.15) is 43.2 Å². The molecule has 4 rings (SSSR count). The van der Waals surface area contributed by atoms with Crippen LogP contribution >= 0.6 is 0 Å². The number of hydrogen-bond acceptors (Lipinski definition) is 2. The van der Waals surface area contributed by atoms with E-state index in [1.807, 2.05) is 12.1 Å². The summed E-state index contributed by atoms with van der Waals surface area (Å²) in [4.78, 5) is 0. The summed E-state index contributed by atoms with van der Waals surface area (Å²) >= 11 is 0. The second-order valence-corrected chi connectivity index (χ2v) is 8.91. The second kappa shape index (κ2) is 5.17. The molecule has 22 heavy (non-hydrogen) atoms. The highest BCUT2D eigenvalue weighted by atomic mass is 32.2. The molecule has 2 fully saturated rings. The molecule has 3 heteroatoms. The summed E-state index contributed by atoms with van der Waals surface area (Å²) in [5.41, 5.74) is 1.45. The molecule has 0 saturated carbocycles. The Bertz CT molecular complexity index is 736. The topological polar surface area (TPSA) is 37.3 Å². The van der Waals surface area contributed by atoms with Gasteiger partial charge in [-0.15, -0.1) is 0 Å². The van der Waals surface area contributed by atoms with Crippen LogP contribution < -0.4 is 0 Å². The standard InChI is InChI=1S/C19H22O2S/c1-13-9-10-18(17-8-3-2-7-16(13)17)19(20)11-14-5-4-6-15(12-19)22(14)21/h2-3,7-10,14-15,20H,4-6,11-12H2,1H3. The first-order valence-electron chi connectivity index (χ1n) is 8.19. The van der Waals surface area contributed by atoms with E-state index in [9.17, 15) is 9.32 Å². The van der Waals surface area contributed by atoms with Crippen LogP contribution in [-0.4, -0.2) is 19.8 Å². The Morgan fingerprint density at radius 1 is 1.05 bits per heavy atom. The van der Waals surface area contributed by atoms with Crippen LogP contribution in [0.4, 0.5) is 0 Å². The van der Waals surface area contributed by atoms with Crippen molar-refractivity contribution < 1.29 is 9.32 Å². The number of fused-ring (bicyclic) bond motifs is 3. The zero-order valence-corrected chi connectivity index (χ0v) is 13.7. The highest BCUT2D eigenvalue weighted by Crippen LogP contribution is 2.46. The van der Waals surface area contributed by atoms with E-state index in [-0.39, 0.29) is 10.5 Å². The number of hydrogen-bond donors (Lipinski definition) is 1. The lowest BCUT2D eigenvalue weighted by atomic mass is 9.78. The lowest BCUT2D eigenvalue weighted by Gasteiger charge is -2.44. The van der Waals surface area contributed by atoms with E-state index in [4.69, 9.17) is 0 Å². The summed E-state index contributed by atoms with van der Waals surface area (Å²) in [6.07, 6.45) is 4.43. The maximum absolute atomic E-state index is 12.4. The van der Waals surface area contributed by atoms with Crippen LogP contribution in [-0.2, 0) is 16.4 Å². The molecule has 2 aliphatic heterocycles. The monoisotopic (exact) mass is 314 g/mol. The number of aliphatic hydroxyl groups is 1. The van der Waals surface area contributed by atoms with Crippen LogP contribution in [0.5, 0.6) is 0 Å². The molecule has 2 aromatic rings. The third-order valence-electron chi connectivity index (χ3n) is 5.48. The fourth-order valence-electron chi connectivity index (χ4n) is 4.36. The lowest BCUT2D eigenvalue weighted by Crippen LogP contribution is -2.47. The van der Waals surface area contributed by atoms with E-state index in [1.165, 1.54) is 10.9 Å². The molecule has 2 heterocycles. The summed E-state index contributed by atoms with van der Waals surface area (Å²) in [7, 11) is -0.754. The number of benzene rings is 2. The van der Waals surface area contributed by atoms with Crippen LogP contribution in [0.25, 0.3) is 10.8 Å². The van der Waals surface area contributed by atoms with Gasteiger partial charge in [-0.3, -0.25) is 4.21 Å².